The van der Waals surface area contributed by atoms with E-state index in [1.165, 1.54) is 0 Å². The Morgan fingerprint density at radius 2 is 2.09 bits per heavy atom. The van der Waals surface area contributed by atoms with Crippen molar-refractivity contribution in [2.45, 2.75) is 19.4 Å². The first-order valence-corrected chi connectivity index (χ1v) is 7.53. The van der Waals surface area contributed by atoms with Crippen LogP contribution in [0.5, 0.6) is 0 Å². The van der Waals surface area contributed by atoms with Crippen LogP contribution in [0.3, 0.4) is 0 Å². The first-order chi connectivity index (χ1) is 10.6. The minimum Gasteiger partial charge on any atom is -0.480 e. The molecule has 1 amide bonds. The summed E-state index contributed by atoms with van der Waals surface area (Å²) in [7, 11) is 0. The Labute approximate surface area is 130 Å². The van der Waals surface area contributed by atoms with E-state index in [9.17, 15) is 9.59 Å². The molecule has 0 aliphatic carbocycles. The molecule has 1 aliphatic rings. The number of hydrogen-bond donors (Lipinski definition) is 2. The van der Waals surface area contributed by atoms with Crippen molar-refractivity contribution in [3.63, 3.8) is 0 Å². The summed E-state index contributed by atoms with van der Waals surface area (Å²) in [6.07, 6.45) is 1.61. The molecule has 1 aromatic carbocycles. The van der Waals surface area contributed by atoms with Gasteiger partial charge in [0.1, 0.15) is 6.61 Å². The second-order valence-electron chi connectivity index (χ2n) is 5.52. The van der Waals surface area contributed by atoms with Crippen LogP contribution < -0.4 is 5.32 Å². The summed E-state index contributed by atoms with van der Waals surface area (Å²) in [5.41, 5.74) is 0.965. The first-order valence-electron chi connectivity index (χ1n) is 7.53. The summed E-state index contributed by atoms with van der Waals surface area (Å²) < 4.78 is 5.33. The van der Waals surface area contributed by atoms with Crippen LogP contribution in [0.1, 0.15) is 18.4 Å². The molecule has 6 heteroatoms. The summed E-state index contributed by atoms with van der Waals surface area (Å²) in [6, 6.07) is 9.58. The molecule has 6 nitrogen and oxygen atoms in total. The molecule has 120 valence electrons. The number of hydrogen-bond acceptors (Lipinski definition) is 4. The number of likely N-dealkylation sites (tertiary alicyclic amines) is 1. The number of amides is 1. The molecule has 0 spiro atoms. The van der Waals surface area contributed by atoms with Crippen molar-refractivity contribution in [1.82, 2.24) is 10.2 Å². The summed E-state index contributed by atoms with van der Waals surface area (Å²) in [4.78, 5) is 24.3. The fourth-order valence-corrected chi connectivity index (χ4v) is 2.59. The lowest BCUT2D eigenvalue weighted by Crippen LogP contribution is -2.43. The van der Waals surface area contributed by atoms with E-state index in [4.69, 9.17) is 9.84 Å². The van der Waals surface area contributed by atoms with Gasteiger partial charge in [-0.15, -0.1) is 0 Å². The Kier molecular flexibility index (Phi) is 6.21. The molecule has 2 N–H and O–H groups in total. The van der Waals surface area contributed by atoms with E-state index in [1.807, 2.05) is 30.3 Å². The van der Waals surface area contributed by atoms with Gasteiger partial charge >= 0.3 is 12.1 Å². The summed E-state index contributed by atoms with van der Waals surface area (Å²) in [5.74, 6) is -0.590. The van der Waals surface area contributed by atoms with E-state index in [-0.39, 0.29) is 25.2 Å². The number of benzene rings is 1. The van der Waals surface area contributed by atoms with E-state index in [0.29, 0.717) is 19.6 Å². The zero-order chi connectivity index (χ0) is 15.8. The molecule has 1 atom stereocenters. The van der Waals surface area contributed by atoms with Crippen molar-refractivity contribution in [3.8, 4) is 0 Å². The van der Waals surface area contributed by atoms with Gasteiger partial charge in [-0.2, -0.15) is 0 Å². The minimum atomic E-state index is -0.866. The second kappa shape index (κ2) is 8.38. The molecule has 0 radical (unpaired) electrons. The van der Waals surface area contributed by atoms with Gasteiger partial charge in [0.15, 0.2) is 0 Å². The average molecular weight is 306 g/mol. The maximum atomic E-state index is 12.1. The van der Waals surface area contributed by atoms with Gasteiger partial charge in [-0.25, -0.2) is 4.79 Å². The highest BCUT2D eigenvalue weighted by molar-refractivity contribution is 5.69. The fourth-order valence-electron chi connectivity index (χ4n) is 2.59. The van der Waals surface area contributed by atoms with E-state index in [0.717, 1.165) is 18.4 Å². The predicted molar refractivity (Wildman–Crippen MR) is 81.4 cm³/mol. The van der Waals surface area contributed by atoms with Crippen molar-refractivity contribution in [2.75, 3.05) is 26.2 Å². The molecule has 0 unspecified atom stereocenters. The zero-order valence-corrected chi connectivity index (χ0v) is 12.5. The van der Waals surface area contributed by atoms with E-state index in [1.54, 1.807) is 4.90 Å². The van der Waals surface area contributed by atoms with Gasteiger partial charge < -0.3 is 20.1 Å². The lowest BCUT2D eigenvalue weighted by atomic mass is 9.98. The molecule has 1 saturated heterocycles. The number of aliphatic carboxylic acids is 1. The van der Waals surface area contributed by atoms with Crippen LogP contribution in [-0.4, -0.2) is 48.2 Å². The fraction of sp³-hybridized carbons (Fsp3) is 0.500. The minimum absolute atomic E-state index is 0.0467. The highest BCUT2D eigenvalue weighted by atomic mass is 16.6. The highest BCUT2D eigenvalue weighted by Crippen LogP contribution is 2.17. The lowest BCUT2D eigenvalue weighted by Gasteiger charge is -2.32. The topological polar surface area (TPSA) is 78.9 Å². The van der Waals surface area contributed by atoms with Gasteiger partial charge in [-0.3, -0.25) is 4.79 Å². The number of nitrogens with one attached hydrogen (secondary N) is 1. The molecular weight excluding hydrogens is 284 g/mol. The maximum Gasteiger partial charge on any atom is 0.410 e. The number of nitrogens with zero attached hydrogens (tertiary/aromatic N) is 1. The molecule has 1 aliphatic heterocycles. The first kappa shape index (κ1) is 16.3. The van der Waals surface area contributed by atoms with Crippen molar-refractivity contribution < 1.29 is 19.4 Å². The Bertz CT molecular complexity index is 492. The number of ether oxygens (including phenoxy) is 1. The zero-order valence-electron chi connectivity index (χ0n) is 12.5. The third-order valence-corrected chi connectivity index (χ3v) is 3.69. The van der Waals surface area contributed by atoms with Gasteiger partial charge in [0, 0.05) is 19.6 Å². The molecular formula is C16H22N2O4. The molecule has 22 heavy (non-hydrogen) atoms. The number of carbonyl (C=O) groups excluding carboxylic acids is 1. The van der Waals surface area contributed by atoms with Gasteiger partial charge in [0.2, 0.25) is 0 Å². The summed E-state index contributed by atoms with van der Waals surface area (Å²) in [5, 5.41) is 11.5. The molecule has 0 saturated carbocycles. The third kappa shape index (κ3) is 5.37. The molecule has 1 aromatic rings. The molecule has 1 heterocycles. The monoisotopic (exact) mass is 306 g/mol. The Morgan fingerprint density at radius 1 is 1.32 bits per heavy atom. The number of rotatable bonds is 6. The van der Waals surface area contributed by atoms with Crippen LogP contribution in [0.25, 0.3) is 0 Å². The Balaban J connectivity index is 1.73. The normalized spacial score (nSPS) is 18.0. The SMILES string of the molecule is O=C(O)CNC[C@@H]1CCCN(C(=O)OCc2ccccc2)C1. The van der Waals surface area contributed by atoms with Gasteiger partial charge in [0.25, 0.3) is 0 Å². The lowest BCUT2D eigenvalue weighted by molar-refractivity contribution is -0.136. The Hall–Kier alpha value is -2.08. The molecule has 1 fully saturated rings. The van der Waals surface area contributed by atoms with Gasteiger partial charge in [-0.05, 0) is 24.3 Å². The third-order valence-electron chi connectivity index (χ3n) is 3.69. The number of carbonyl (C=O) groups is 2. The van der Waals surface area contributed by atoms with Gasteiger partial charge in [0.05, 0.1) is 6.54 Å². The predicted octanol–water partition coefficient (Wildman–Crippen LogP) is 1.71. The van der Waals surface area contributed by atoms with Crippen molar-refractivity contribution >= 4 is 12.1 Å². The Morgan fingerprint density at radius 3 is 2.82 bits per heavy atom. The van der Waals surface area contributed by atoms with Crippen molar-refractivity contribution in [3.05, 3.63) is 35.9 Å². The van der Waals surface area contributed by atoms with Crippen LogP contribution in [0.4, 0.5) is 4.79 Å². The highest BCUT2D eigenvalue weighted by Gasteiger charge is 2.24. The van der Waals surface area contributed by atoms with Crippen LogP contribution >= 0.6 is 0 Å². The van der Waals surface area contributed by atoms with E-state index >= 15 is 0 Å². The maximum absolute atomic E-state index is 12.1. The quantitative estimate of drug-likeness (QED) is 0.836. The van der Waals surface area contributed by atoms with E-state index in [2.05, 4.69) is 5.32 Å². The average Bonchev–Trinajstić information content (AvgIpc) is 2.53. The smallest absolute Gasteiger partial charge is 0.410 e. The van der Waals surface area contributed by atoms with Crippen molar-refractivity contribution in [2.24, 2.45) is 5.92 Å². The molecule has 2 rings (SSSR count). The number of carboxylic acids is 1. The summed E-state index contributed by atoms with van der Waals surface area (Å²) in [6.45, 7) is 2.14. The van der Waals surface area contributed by atoms with Crippen molar-refractivity contribution in [1.29, 1.82) is 0 Å². The summed E-state index contributed by atoms with van der Waals surface area (Å²) >= 11 is 0. The second-order valence-corrected chi connectivity index (χ2v) is 5.52. The number of piperidine rings is 1. The molecule has 0 aromatic heterocycles. The number of carboxylic acid groups (broad SMARTS) is 1. The van der Waals surface area contributed by atoms with E-state index < -0.39 is 5.97 Å². The van der Waals surface area contributed by atoms with Crippen LogP contribution in [0, 0.1) is 5.92 Å². The van der Waals surface area contributed by atoms with Crippen LogP contribution in [0.15, 0.2) is 30.3 Å². The van der Waals surface area contributed by atoms with Crippen LogP contribution in [-0.2, 0) is 16.1 Å². The van der Waals surface area contributed by atoms with Gasteiger partial charge in [-0.1, -0.05) is 30.3 Å². The van der Waals surface area contributed by atoms with Crippen LogP contribution in [0.2, 0.25) is 0 Å². The standard InChI is InChI=1S/C16H22N2O4/c19-15(20)10-17-9-14-7-4-8-18(11-14)16(21)22-12-13-5-2-1-3-6-13/h1-3,5-6,14,17H,4,7-12H2,(H,19,20)/t14-/m0/s1. The molecule has 0 bridgehead atoms. The largest absolute Gasteiger partial charge is 0.480 e.